The molecule has 0 saturated heterocycles. The van der Waals surface area contributed by atoms with E-state index in [-0.39, 0.29) is 22.6 Å². The Labute approximate surface area is 173 Å². The number of imide groups is 1. The zero-order chi connectivity index (χ0) is 21.8. The fraction of sp³-hybridized carbons (Fsp3) is 0.273. The van der Waals surface area contributed by atoms with E-state index in [4.69, 9.17) is 9.57 Å². The summed E-state index contributed by atoms with van der Waals surface area (Å²) in [5.41, 5.74) is 0.579. The van der Waals surface area contributed by atoms with Gasteiger partial charge in [-0.2, -0.15) is 0 Å². The molecule has 3 amide bonds. The van der Waals surface area contributed by atoms with Crippen molar-refractivity contribution < 1.29 is 28.8 Å². The molecule has 8 nitrogen and oxygen atoms in total. The van der Waals surface area contributed by atoms with Crippen LogP contribution >= 0.6 is 0 Å². The summed E-state index contributed by atoms with van der Waals surface area (Å²) < 4.78 is 5.46. The van der Waals surface area contributed by atoms with E-state index >= 15 is 0 Å². The zero-order valence-corrected chi connectivity index (χ0v) is 16.9. The number of ether oxygens (including phenoxy) is 1. The predicted octanol–water partition coefficient (Wildman–Crippen LogP) is 2.59. The summed E-state index contributed by atoms with van der Waals surface area (Å²) >= 11 is 0. The highest BCUT2D eigenvalue weighted by Gasteiger charge is 2.40. The topological polar surface area (TPSA) is 102 Å². The highest BCUT2D eigenvalue weighted by Crippen LogP contribution is 2.24. The maximum absolute atomic E-state index is 12.8. The molecule has 0 aromatic heterocycles. The van der Waals surface area contributed by atoms with Gasteiger partial charge in [-0.15, -0.1) is 0 Å². The van der Waals surface area contributed by atoms with Crippen LogP contribution in [-0.2, 0) is 9.63 Å². The molecule has 30 heavy (non-hydrogen) atoms. The van der Waals surface area contributed by atoms with Crippen molar-refractivity contribution in [3.63, 3.8) is 0 Å². The molecule has 0 fully saturated rings. The minimum Gasteiger partial charge on any atom is -0.493 e. The molecule has 0 saturated carbocycles. The van der Waals surface area contributed by atoms with Gasteiger partial charge in [0, 0.05) is 0 Å². The van der Waals surface area contributed by atoms with Gasteiger partial charge in [0.25, 0.3) is 17.7 Å². The van der Waals surface area contributed by atoms with Gasteiger partial charge < -0.3 is 14.9 Å². The molecule has 0 aliphatic carbocycles. The van der Waals surface area contributed by atoms with Crippen LogP contribution in [0.3, 0.4) is 0 Å². The van der Waals surface area contributed by atoms with E-state index in [2.05, 4.69) is 5.32 Å². The van der Waals surface area contributed by atoms with Gasteiger partial charge >= 0.3 is 5.97 Å². The largest absolute Gasteiger partial charge is 0.493 e. The second-order valence-electron chi connectivity index (χ2n) is 6.98. The normalized spacial score (nSPS) is 13.8. The summed E-state index contributed by atoms with van der Waals surface area (Å²) in [4.78, 5) is 55.4. The Morgan fingerprint density at radius 1 is 0.967 bits per heavy atom. The molecule has 1 unspecified atom stereocenters. The second kappa shape index (κ2) is 8.77. The Bertz CT molecular complexity index is 966. The number of hydrogen-bond acceptors (Lipinski definition) is 6. The van der Waals surface area contributed by atoms with Crippen molar-refractivity contribution in [3.8, 4) is 5.75 Å². The third-order valence-corrected chi connectivity index (χ3v) is 4.58. The van der Waals surface area contributed by atoms with Crippen LogP contribution in [-0.4, -0.2) is 41.4 Å². The number of carbonyl (C=O) groups excluding carboxylic acids is 4. The lowest BCUT2D eigenvalue weighted by molar-refractivity contribution is -0.172. The van der Waals surface area contributed by atoms with Crippen LogP contribution in [0.15, 0.2) is 48.5 Å². The fourth-order valence-electron chi connectivity index (χ4n) is 3.05. The third-order valence-electron chi connectivity index (χ3n) is 4.58. The molecule has 1 N–H and O–H groups in total. The lowest BCUT2D eigenvalue weighted by Gasteiger charge is -2.23. The van der Waals surface area contributed by atoms with E-state index in [1.165, 1.54) is 12.1 Å². The van der Waals surface area contributed by atoms with Gasteiger partial charge in [0.05, 0.1) is 23.3 Å². The second-order valence-corrected chi connectivity index (χ2v) is 6.98. The molecule has 0 spiro atoms. The highest BCUT2D eigenvalue weighted by atomic mass is 16.7. The summed E-state index contributed by atoms with van der Waals surface area (Å²) in [6, 6.07) is 11.7. The van der Waals surface area contributed by atoms with Crippen molar-refractivity contribution in [3.05, 3.63) is 65.2 Å². The van der Waals surface area contributed by atoms with Crippen molar-refractivity contribution >= 4 is 23.7 Å². The van der Waals surface area contributed by atoms with Crippen LogP contribution < -0.4 is 10.1 Å². The first-order chi connectivity index (χ1) is 14.3. The van der Waals surface area contributed by atoms with Crippen molar-refractivity contribution in [1.82, 2.24) is 10.4 Å². The van der Waals surface area contributed by atoms with Crippen LogP contribution in [0.1, 0.15) is 51.8 Å². The van der Waals surface area contributed by atoms with Gasteiger partial charge in [0.2, 0.25) is 0 Å². The minimum absolute atomic E-state index is 0.158. The molecule has 156 valence electrons. The summed E-state index contributed by atoms with van der Waals surface area (Å²) in [7, 11) is 0. The molecule has 1 aliphatic rings. The Kier molecular flexibility index (Phi) is 6.15. The number of hydroxylamine groups is 2. The van der Waals surface area contributed by atoms with Gasteiger partial charge in [-0.05, 0) is 37.1 Å². The maximum atomic E-state index is 12.8. The molecular formula is C22H22N2O6. The molecule has 1 aliphatic heterocycles. The van der Waals surface area contributed by atoms with E-state index in [0.717, 1.165) is 0 Å². The minimum atomic E-state index is -1.09. The Morgan fingerprint density at radius 2 is 1.53 bits per heavy atom. The average Bonchev–Trinajstić information content (AvgIpc) is 2.97. The standard InChI is InChI=1S/C22H22N2O6/c1-4-29-17-12-8-7-11-16(17)19(25)23-18(13(2)3)22(28)30-24-20(26)14-9-5-6-10-15(14)21(24)27/h5-13,18H,4H2,1-3H3,(H,23,25). The molecule has 0 radical (unpaired) electrons. The molecule has 1 heterocycles. The molecule has 2 aromatic carbocycles. The maximum Gasteiger partial charge on any atom is 0.355 e. The zero-order valence-electron chi connectivity index (χ0n) is 16.9. The van der Waals surface area contributed by atoms with E-state index in [1.54, 1.807) is 57.2 Å². The first-order valence-corrected chi connectivity index (χ1v) is 9.57. The molecule has 8 heteroatoms. The Hall–Kier alpha value is -3.68. The smallest absolute Gasteiger partial charge is 0.355 e. The lowest BCUT2D eigenvalue weighted by Crippen LogP contribution is -2.48. The van der Waals surface area contributed by atoms with Crippen LogP contribution in [0, 0.1) is 5.92 Å². The molecule has 2 aromatic rings. The Morgan fingerprint density at radius 3 is 2.10 bits per heavy atom. The van der Waals surface area contributed by atoms with E-state index in [9.17, 15) is 19.2 Å². The van der Waals surface area contributed by atoms with Crippen molar-refractivity contribution in [2.24, 2.45) is 5.92 Å². The van der Waals surface area contributed by atoms with E-state index in [0.29, 0.717) is 17.4 Å². The number of nitrogens with one attached hydrogen (secondary N) is 1. The van der Waals surface area contributed by atoms with E-state index in [1.807, 2.05) is 0 Å². The third kappa shape index (κ3) is 4.03. The average molecular weight is 410 g/mol. The van der Waals surface area contributed by atoms with Crippen LogP contribution in [0.2, 0.25) is 0 Å². The van der Waals surface area contributed by atoms with Crippen molar-refractivity contribution in [1.29, 1.82) is 0 Å². The SMILES string of the molecule is CCOc1ccccc1C(=O)NC(C(=O)ON1C(=O)c2ccccc2C1=O)C(C)C. The predicted molar refractivity (Wildman–Crippen MR) is 107 cm³/mol. The van der Waals surface area contributed by atoms with Gasteiger partial charge in [0.15, 0.2) is 0 Å². The van der Waals surface area contributed by atoms with Crippen molar-refractivity contribution in [2.75, 3.05) is 6.61 Å². The number of hydrogen-bond donors (Lipinski definition) is 1. The highest BCUT2D eigenvalue weighted by molar-refractivity contribution is 6.21. The summed E-state index contributed by atoms with van der Waals surface area (Å²) in [5.74, 6) is -2.87. The van der Waals surface area contributed by atoms with E-state index < -0.39 is 29.7 Å². The molecule has 0 bridgehead atoms. The summed E-state index contributed by atoms with van der Waals surface area (Å²) in [6.07, 6.45) is 0. The number of para-hydroxylation sites is 1. The van der Waals surface area contributed by atoms with Crippen LogP contribution in [0.4, 0.5) is 0 Å². The van der Waals surface area contributed by atoms with Gasteiger partial charge in [0.1, 0.15) is 11.8 Å². The number of fused-ring (bicyclic) bond motifs is 1. The van der Waals surface area contributed by atoms with Crippen molar-refractivity contribution in [2.45, 2.75) is 26.8 Å². The monoisotopic (exact) mass is 410 g/mol. The van der Waals surface area contributed by atoms with Gasteiger partial charge in [-0.1, -0.05) is 43.2 Å². The van der Waals surface area contributed by atoms with Gasteiger partial charge in [-0.3, -0.25) is 14.4 Å². The number of nitrogens with zero attached hydrogens (tertiary/aromatic N) is 1. The number of carbonyl (C=O) groups is 4. The number of rotatable bonds is 7. The summed E-state index contributed by atoms with van der Waals surface area (Å²) in [6.45, 7) is 5.59. The molecule has 1 atom stereocenters. The number of amides is 3. The van der Waals surface area contributed by atoms with Crippen LogP contribution in [0.25, 0.3) is 0 Å². The quantitative estimate of drug-likeness (QED) is 0.704. The molecule has 3 rings (SSSR count). The summed E-state index contributed by atoms with van der Waals surface area (Å²) in [5, 5.41) is 3.05. The Balaban J connectivity index is 1.76. The fourth-order valence-corrected chi connectivity index (χ4v) is 3.05. The van der Waals surface area contributed by atoms with Crippen LogP contribution in [0.5, 0.6) is 5.75 Å². The molecular weight excluding hydrogens is 388 g/mol. The lowest BCUT2D eigenvalue weighted by atomic mass is 10.0. The van der Waals surface area contributed by atoms with Gasteiger partial charge in [-0.25, -0.2) is 4.79 Å². The number of benzene rings is 2. The first-order valence-electron chi connectivity index (χ1n) is 9.57. The first kappa shape index (κ1) is 21.0.